The van der Waals surface area contributed by atoms with Gasteiger partial charge in [-0.05, 0) is 17.5 Å². The van der Waals surface area contributed by atoms with Crippen molar-refractivity contribution < 1.29 is 24.2 Å². The molecule has 3 aromatic rings. The number of para-hydroxylation sites is 1. The number of amides is 3. The highest BCUT2D eigenvalue weighted by atomic mass is 16.5. The molecule has 0 aliphatic carbocycles. The minimum Gasteiger partial charge on any atom is -0.493 e. The molecule has 3 amide bonds. The van der Waals surface area contributed by atoms with Gasteiger partial charge in [0, 0.05) is 17.4 Å². The molecule has 2 aliphatic rings. The van der Waals surface area contributed by atoms with Crippen molar-refractivity contribution in [3.05, 3.63) is 72.3 Å². The monoisotopic (exact) mass is 418 g/mol. The number of urea groups is 1. The normalized spacial score (nSPS) is 21.0. The van der Waals surface area contributed by atoms with Crippen LogP contribution in [0.4, 0.5) is 4.79 Å². The van der Waals surface area contributed by atoms with E-state index in [1.165, 1.54) is 0 Å². The van der Waals surface area contributed by atoms with Crippen molar-refractivity contribution in [1.29, 1.82) is 0 Å². The van der Waals surface area contributed by atoms with Crippen molar-refractivity contribution in [3.8, 4) is 11.5 Å². The Morgan fingerprint density at radius 3 is 2.74 bits per heavy atom. The van der Waals surface area contributed by atoms with Crippen LogP contribution < -0.4 is 14.8 Å². The second kappa shape index (κ2) is 7.59. The predicted octanol–water partition coefficient (Wildman–Crippen LogP) is 2.81. The lowest BCUT2D eigenvalue weighted by atomic mass is 9.84. The van der Waals surface area contributed by atoms with Crippen molar-refractivity contribution in [3.63, 3.8) is 0 Å². The summed E-state index contributed by atoms with van der Waals surface area (Å²) >= 11 is 0. The van der Waals surface area contributed by atoms with Gasteiger partial charge in [0.2, 0.25) is 0 Å². The number of carbonyl (C=O) groups excluding carboxylic acids is 2. The van der Waals surface area contributed by atoms with E-state index in [1.54, 1.807) is 12.1 Å². The summed E-state index contributed by atoms with van der Waals surface area (Å²) in [6.07, 6.45) is -0.688. The number of aliphatic hydroxyl groups excluding tert-OH is 1. The number of aliphatic hydroxyl groups is 1. The van der Waals surface area contributed by atoms with Crippen LogP contribution in [-0.2, 0) is 10.3 Å². The number of carbonyl (C=O) groups is 2. The molecule has 0 saturated carbocycles. The lowest BCUT2D eigenvalue weighted by Gasteiger charge is -2.33. The molecule has 7 heteroatoms. The maximum atomic E-state index is 13.3. The maximum absolute atomic E-state index is 13.3. The Hall–Kier alpha value is -3.58. The molecular weight excluding hydrogens is 396 g/mol. The number of nitrogens with zero attached hydrogens (tertiary/aromatic N) is 1. The topological polar surface area (TPSA) is 88.1 Å². The van der Waals surface area contributed by atoms with Gasteiger partial charge in [0.15, 0.2) is 5.54 Å². The number of imide groups is 1. The van der Waals surface area contributed by atoms with Crippen LogP contribution >= 0.6 is 0 Å². The Bertz CT molecular complexity index is 1160. The minimum atomic E-state index is -1.15. The number of ether oxygens (including phenoxy) is 2. The molecule has 0 aromatic heterocycles. The zero-order valence-corrected chi connectivity index (χ0v) is 16.8. The largest absolute Gasteiger partial charge is 0.493 e. The summed E-state index contributed by atoms with van der Waals surface area (Å²) in [6.45, 7) is 0.127. The number of nitrogens with one attached hydrogen (secondary N) is 1. The summed E-state index contributed by atoms with van der Waals surface area (Å²) in [6, 6.07) is 20.2. The second-order valence-corrected chi connectivity index (χ2v) is 7.79. The van der Waals surface area contributed by atoms with Crippen LogP contribution in [0.3, 0.4) is 0 Å². The van der Waals surface area contributed by atoms with E-state index < -0.39 is 17.7 Å². The van der Waals surface area contributed by atoms with Crippen molar-refractivity contribution in [2.45, 2.75) is 18.1 Å². The first-order chi connectivity index (χ1) is 15.1. The molecule has 3 aromatic carbocycles. The van der Waals surface area contributed by atoms with E-state index in [-0.39, 0.29) is 19.1 Å². The fourth-order valence-electron chi connectivity index (χ4n) is 4.31. The van der Waals surface area contributed by atoms with E-state index in [4.69, 9.17) is 9.47 Å². The molecule has 2 aliphatic heterocycles. The summed E-state index contributed by atoms with van der Waals surface area (Å²) in [5, 5.41) is 15.3. The minimum absolute atomic E-state index is 0.0439. The number of hydrogen-bond acceptors (Lipinski definition) is 5. The molecule has 0 radical (unpaired) electrons. The zero-order chi connectivity index (χ0) is 21.4. The average molecular weight is 418 g/mol. The van der Waals surface area contributed by atoms with Crippen molar-refractivity contribution in [2.24, 2.45) is 0 Å². The molecule has 1 fully saturated rings. The van der Waals surface area contributed by atoms with E-state index in [2.05, 4.69) is 5.32 Å². The molecule has 0 unspecified atom stereocenters. The number of fused-ring (bicyclic) bond motifs is 3. The Kier molecular flexibility index (Phi) is 4.75. The van der Waals surface area contributed by atoms with E-state index in [1.807, 2.05) is 54.6 Å². The lowest BCUT2D eigenvalue weighted by molar-refractivity contribution is -0.133. The molecular formula is C24H22N2O5. The van der Waals surface area contributed by atoms with E-state index in [9.17, 15) is 14.7 Å². The average Bonchev–Trinajstić information content (AvgIpc) is 3.02. The first-order valence-corrected chi connectivity index (χ1v) is 10.2. The SMILES string of the molecule is O=C1N[C@@]2(CCOc3ccccc32)C(=O)N1C[C@@H](O)COc1cccc2ccccc12. The standard InChI is InChI=1S/C24H22N2O5/c27-17(15-31-20-11-5-7-16-6-1-2-8-18(16)20)14-26-22(28)24(25-23(26)29)12-13-30-21-10-4-3-9-19(21)24/h1-11,17,27H,12-15H2,(H,25,29)/t17-,24-/m1/s1. The van der Waals surface area contributed by atoms with Crippen LogP contribution in [0.1, 0.15) is 12.0 Å². The van der Waals surface area contributed by atoms with Gasteiger partial charge in [-0.2, -0.15) is 0 Å². The van der Waals surface area contributed by atoms with Crippen LogP contribution in [0.5, 0.6) is 11.5 Å². The predicted molar refractivity (Wildman–Crippen MR) is 114 cm³/mol. The number of benzene rings is 3. The van der Waals surface area contributed by atoms with Crippen LogP contribution in [0.2, 0.25) is 0 Å². The molecule has 0 bridgehead atoms. The van der Waals surface area contributed by atoms with E-state index in [0.717, 1.165) is 15.7 Å². The third-order valence-electron chi connectivity index (χ3n) is 5.83. The van der Waals surface area contributed by atoms with Crippen molar-refractivity contribution in [1.82, 2.24) is 10.2 Å². The fourth-order valence-corrected chi connectivity index (χ4v) is 4.31. The third-order valence-corrected chi connectivity index (χ3v) is 5.83. The number of hydrogen-bond donors (Lipinski definition) is 2. The molecule has 2 heterocycles. The first-order valence-electron chi connectivity index (χ1n) is 10.2. The van der Waals surface area contributed by atoms with Crippen molar-refractivity contribution >= 4 is 22.7 Å². The van der Waals surface area contributed by atoms with Crippen LogP contribution in [0.15, 0.2) is 66.7 Å². The quantitative estimate of drug-likeness (QED) is 0.622. The Morgan fingerprint density at radius 1 is 1.06 bits per heavy atom. The summed E-state index contributed by atoms with van der Waals surface area (Å²) in [7, 11) is 0. The van der Waals surface area contributed by atoms with Crippen LogP contribution in [0.25, 0.3) is 10.8 Å². The van der Waals surface area contributed by atoms with Gasteiger partial charge >= 0.3 is 6.03 Å². The van der Waals surface area contributed by atoms with E-state index >= 15 is 0 Å². The molecule has 7 nitrogen and oxygen atoms in total. The molecule has 158 valence electrons. The Balaban J connectivity index is 1.30. The zero-order valence-electron chi connectivity index (χ0n) is 16.8. The lowest BCUT2D eigenvalue weighted by Crippen LogP contribution is -2.48. The molecule has 1 spiro atoms. The van der Waals surface area contributed by atoms with Gasteiger partial charge in [0.25, 0.3) is 5.91 Å². The number of β-amino-alcohol motifs (C(OH)–C–C–N with tert-alkyl or cyclic N) is 1. The highest BCUT2D eigenvalue weighted by Gasteiger charge is 2.55. The molecule has 1 saturated heterocycles. The summed E-state index contributed by atoms with van der Waals surface area (Å²) in [4.78, 5) is 27.0. The molecule has 2 N–H and O–H groups in total. The summed E-state index contributed by atoms with van der Waals surface area (Å²) in [5.41, 5.74) is -0.508. The smallest absolute Gasteiger partial charge is 0.325 e. The summed E-state index contributed by atoms with van der Waals surface area (Å²) < 4.78 is 11.5. The Morgan fingerprint density at radius 2 is 1.84 bits per heavy atom. The third kappa shape index (κ3) is 3.27. The van der Waals surface area contributed by atoms with Gasteiger partial charge < -0.3 is 19.9 Å². The first kappa shape index (κ1) is 19.4. The van der Waals surface area contributed by atoms with Gasteiger partial charge in [-0.25, -0.2) is 4.79 Å². The van der Waals surface area contributed by atoms with Crippen molar-refractivity contribution in [2.75, 3.05) is 19.8 Å². The van der Waals surface area contributed by atoms with Gasteiger partial charge in [-0.1, -0.05) is 54.6 Å². The van der Waals surface area contributed by atoms with Gasteiger partial charge in [-0.3, -0.25) is 9.69 Å². The maximum Gasteiger partial charge on any atom is 0.325 e. The molecule has 5 rings (SSSR count). The molecule has 31 heavy (non-hydrogen) atoms. The van der Waals surface area contributed by atoms with Gasteiger partial charge in [0.05, 0.1) is 13.2 Å². The summed E-state index contributed by atoms with van der Waals surface area (Å²) in [5.74, 6) is 0.853. The second-order valence-electron chi connectivity index (χ2n) is 7.79. The Labute approximate surface area is 179 Å². The van der Waals surface area contributed by atoms with Crippen LogP contribution in [-0.4, -0.2) is 47.8 Å². The highest BCUT2D eigenvalue weighted by molar-refractivity contribution is 6.08. The van der Waals surface area contributed by atoms with Gasteiger partial charge in [-0.15, -0.1) is 0 Å². The fraction of sp³-hybridized carbons (Fsp3) is 0.250. The highest BCUT2D eigenvalue weighted by Crippen LogP contribution is 2.41. The van der Waals surface area contributed by atoms with Gasteiger partial charge in [0.1, 0.15) is 24.2 Å². The van der Waals surface area contributed by atoms with Crippen LogP contribution in [0, 0.1) is 0 Å². The molecule has 2 atom stereocenters. The number of rotatable bonds is 5. The van der Waals surface area contributed by atoms with E-state index in [0.29, 0.717) is 30.1 Å².